The summed E-state index contributed by atoms with van der Waals surface area (Å²) < 4.78 is 35.7. The monoisotopic (exact) mass is 524 g/mol. The van der Waals surface area contributed by atoms with Gasteiger partial charge in [0, 0.05) is 21.6 Å². The molecule has 2 aliphatic rings. The Labute approximate surface area is 203 Å². The smallest absolute Gasteiger partial charge is 0.261 e. The van der Waals surface area contributed by atoms with E-state index in [1.165, 1.54) is 0 Å². The highest BCUT2D eigenvalue weighted by molar-refractivity contribution is 9.10. The third-order valence-corrected chi connectivity index (χ3v) is 8.42. The average Bonchev–Trinajstić information content (AvgIpc) is 3.30. The number of hydrogen-bond donors (Lipinski definition) is 2. The fourth-order valence-electron chi connectivity index (χ4n) is 4.89. The van der Waals surface area contributed by atoms with Crippen molar-refractivity contribution in [2.24, 2.45) is 5.92 Å². The summed E-state index contributed by atoms with van der Waals surface area (Å²) in [5, 5.41) is 3.67. The van der Waals surface area contributed by atoms with Gasteiger partial charge in [-0.2, -0.15) is 0 Å². The molecule has 3 atom stereocenters. The fourth-order valence-corrected chi connectivity index (χ4v) is 6.43. The largest absolute Gasteiger partial charge is 0.496 e. The molecule has 1 heterocycles. The minimum atomic E-state index is -3.71. The van der Waals surface area contributed by atoms with Crippen molar-refractivity contribution < 1.29 is 13.2 Å². The van der Waals surface area contributed by atoms with Gasteiger partial charge in [0.1, 0.15) is 5.75 Å². The zero-order chi connectivity index (χ0) is 23.2. The molecule has 7 heteroatoms. The molecule has 1 aliphatic heterocycles. The van der Waals surface area contributed by atoms with Gasteiger partial charge in [-0.3, -0.25) is 4.72 Å². The van der Waals surface area contributed by atoms with Gasteiger partial charge in [-0.15, -0.1) is 0 Å². The van der Waals surface area contributed by atoms with E-state index in [-0.39, 0.29) is 22.8 Å². The van der Waals surface area contributed by atoms with Crippen LogP contribution in [0.4, 0.5) is 11.4 Å². The van der Waals surface area contributed by atoms with Crippen LogP contribution in [-0.2, 0) is 10.0 Å². The van der Waals surface area contributed by atoms with Gasteiger partial charge in [0.15, 0.2) is 0 Å². The van der Waals surface area contributed by atoms with Gasteiger partial charge in [0.25, 0.3) is 10.0 Å². The zero-order valence-corrected chi connectivity index (χ0v) is 20.8. The number of aryl methyl sites for hydroxylation is 1. The van der Waals surface area contributed by atoms with Crippen LogP contribution in [0.5, 0.6) is 5.75 Å². The molecule has 0 bridgehead atoms. The Hall–Kier alpha value is -2.77. The Balaban J connectivity index is 1.52. The number of anilines is 2. The second-order valence-electron chi connectivity index (χ2n) is 8.53. The van der Waals surface area contributed by atoms with Crippen LogP contribution >= 0.6 is 15.9 Å². The predicted molar refractivity (Wildman–Crippen MR) is 135 cm³/mol. The molecule has 5 nitrogen and oxygen atoms in total. The van der Waals surface area contributed by atoms with E-state index in [9.17, 15) is 8.42 Å². The van der Waals surface area contributed by atoms with Crippen LogP contribution in [0.15, 0.2) is 82.2 Å². The van der Waals surface area contributed by atoms with Gasteiger partial charge in [-0.25, -0.2) is 8.42 Å². The molecule has 0 radical (unpaired) electrons. The Morgan fingerprint density at radius 2 is 1.88 bits per heavy atom. The molecule has 3 aromatic carbocycles. The normalized spacial score (nSPS) is 21.1. The Bertz CT molecular complexity index is 1350. The number of nitrogens with one attached hydrogen (secondary N) is 2. The van der Waals surface area contributed by atoms with Gasteiger partial charge in [0.2, 0.25) is 0 Å². The molecule has 3 aromatic rings. The Kier molecular flexibility index (Phi) is 5.70. The minimum Gasteiger partial charge on any atom is -0.496 e. The van der Waals surface area contributed by atoms with E-state index in [2.05, 4.69) is 44.2 Å². The molecule has 0 saturated heterocycles. The van der Waals surface area contributed by atoms with Crippen LogP contribution in [0.25, 0.3) is 0 Å². The number of para-hydroxylation sites is 1. The maximum atomic E-state index is 13.2. The number of rotatable bonds is 5. The fraction of sp³-hybridized carbons (Fsp3) is 0.231. The summed E-state index contributed by atoms with van der Waals surface area (Å²) in [5.74, 6) is 1.23. The summed E-state index contributed by atoms with van der Waals surface area (Å²) in [6.07, 6.45) is 5.30. The third-order valence-electron chi connectivity index (χ3n) is 6.56. The lowest BCUT2D eigenvalue weighted by Crippen LogP contribution is -2.29. The maximum Gasteiger partial charge on any atom is 0.261 e. The van der Waals surface area contributed by atoms with Gasteiger partial charge in [0.05, 0.1) is 23.7 Å². The number of halogens is 1. The molecule has 2 N–H and O–H groups in total. The van der Waals surface area contributed by atoms with Gasteiger partial charge < -0.3 is 10.1 Å². The summed E-state index contributed by atoms with van der Waals surface area (Å²) in [7, 11) is -2.02. The first-order chi connectivity index (χ1) is 15.9. The van der Waals surface area contributed by atoms with E-state index < -0.39 is 10.0 Å². The number of fused-ring (bicyclic) bond motifs is 3. The second-order valence-corrected chi connectivity index (χ2v) is 11.1. The first-order valence-electron chi connectivity index (χ1n) is 10.9. The highest BCUT2D eigenvalue weighted by Crippen LogP contribution is 2.51. The molecule has 0 aromatic heterocycles. The first kappa shape index (κ1) is 22.0. The first-order valence-corrected chi connectivity index (χ1v) is 13.1. The number of methoxy groups -OCH3 is 1. The van der Waals surface area contributed by atoms with Crippen LogP contribution in [0, 0.1) is 12.8 Å². The highest BCUT2D eigenvalue weighted by Gasteiger charge is 2.39. The molecule has 33 heavy (non-hydrogen) atoms. The van der Waals surface area contributed by atoms with E-state index in [0.29, 0.717) is 5.69 Å². The van der Waals surface area contributed by atoms with Crippen molar-refractivity contribution in [2.75, 3.05) is 17.1 Å². The number of ether oxygens (including phenoxy) is 1. The zero-order valence-electron chi connectivity index (χ0n) is 18.4. The summed E-state index contributed by atoms with van der Waals surface area (Å²) >= 11 is 3.59. The number of sulfonamides is 1. The van der Waals surface area contributed by atoms with E-state index in [0.717, 1.165) is 39.0 Å². The predicted octanol–water partition coefficient (Wildman–Crippen LogP) is 6.39. The van der Waals surface area contributed by atoms with Crippen LogP contribution in [0.1, 0.15) is 35.1 Å². The van der Waals surface area contributed by atoms with Crippen LogP contribution in [0.2, 0.25) is 0 Å². The molecular weight excluding hydrogens is 500 g/mol. The number of hydrogen-bond acceptors (Lipinski definition) is 4. The molecule has 1 aliphatic carbocycles. The summed E-state index contributed by atoms with van der Waals surface area (Å²) in [5.41, 5.74) is 4.52. The number of allylic oxidation sites excluding steroid dienone is 2. The second kappa shape index (κ2) is 8.54. The number of benzene rings is 3. The summed E-state index contributed by atoms with van der Waals surface area (Å²) in [6.45, 7) is 1.89. The molecular formula is C26H25BrN2O3S. The molecule has 5 rings (SSSR count). The van der Waals surface area contributed by atoms with E-state index in [4.69, 9.17) is 4.74 Å². The maximum absolute atomic E-state index is 13.2. The van der Waals surface area contributed by atoms with Crippen LogP contribution in [-0.4, -0.2) is 15.5 Å². The van der Waals surface area contributed by atoms with Gasteiger partial charge in [-0.05, 0) is 72.9 Å². The average molecular weight is 525 g/mol. The van der Waals surface area contributed by atoms with Crippen molar-refractivity contribution in [3.63, 3.8) is 0 Å². The standard InChI is InChI=1S/C26H25BrN2O3S/c1-16-6-3-4-9-23(16)29-33(30,31)18-11-12-24-21(15-18)19-7-5-8-20(19)26(28-24)22-14-17(27)10-13-25(22)32-2/h3-7,9-15,19-20,26,28-29H,8H2,1-2H3/t19-,20+,26-/m0/s1. The molecule has 0 fully saturated rings. The van der Waals surface area contributed by atoms with Crippen LogP contribution in [0.3, 0.4) is 0 Å². The minimum absolute atomic E-state index is 0.0532. The van der Waals surface area contributed by atoms with E-state index >= 15 is 0 Å². The van der Waals surface area contributed by atoms with Crippen molar-refractivity contribution in [3.05, 3.63) is 94.0 Å². The van der Waals surface area contributed by atoms with Crippen molar-refractivity contribution in [1.29, 1.82) is 0 Å². The lowest BCUT2D eigenvalue weighted by molar-refractivity contribution is 0.381. The SMILES string of the molecule is COc1ccc(Br)cc1[C@H]1Nc2ccc(S(=O)(=O)Nc3ccccc3C)cc2[C@H]2C=CC[C@H]21. The third kappa shape index (κ3) is 4.04. The molecule has 0 amide bonds. The molecule has 0 saturated carbocycles. The quantitative estimate of drug-likeness (QED) is 0.379. The van der Waals surface area contributed by atoms with Gasteiger partial charge >= 0.3 is 0 Å². The van der Waals surface area contributed by atoms with Crippen molar-refractivity contribution in [2.45, 2.75) is 30.2 Å². The topological polar surface area (TPSA) is 67.4 Å². The van der Waals surface area contributed by atoms with Crippen molar-refractivity contribution in [1.82, 2.24) is 0 Å². The van der Waals surface area contributed by atoms with Crippen LogP contribution < -0.4 is 14.8 Å². The Morgan fingerprint density at radius 1 is 1.06 bits per heavy atom. The molecule has 170 valence electrons. The molecule has 0 unspecified atom stereocenters. The lowest BCUT2D eigenvalue weighted by Gasteiger charge is -2.38. The summed E-state index contributed by atoms with van der Waals surface area (Å²) in [4.78, 5) is 0.267. The van der Waals surface area contributed by atoms with Gasteiger partial charge in [-0.1, -0.05) is 46.3 Å². The van der Waals surface area contributed by atoms with Crippen molar-refractivity contribution >= 4 is 37.3 Å². The van der Waals surface area contributed by atoms with E-state index in [1.807, 2.05) is 49.4 Å². The summed E-state index contributed by atoms with van der Waals surface area (Å²) in [6, 6.07) is 18.8. The van der Waals surface area contributed by atoms with Crippen molar-refractivity contribution in [3.8, 4) is 5.75 Å². The molecule has 0 spiro atoms. The van der Waals surface area contributed by atoms with E-state index in [1.54, 1.807) is 19.2 Å². The lowest BCUT2D eigenvalue weighted by atomic mass is 9.77. The highest BCUT2D eigenvalue weighted by atomic mass is 79.9. The Morgan fingerprint density at radius 3 is 2.67 bits per heavy atom.